The van der Waals surface area contributed by atoms with E-state index in [4.69, 9.17) is 0 Å². The molecule has 0 bridgehead atoms. The Labute approximate surface area is 164 Å². The molecule has 0 saturated carbocycles. The molecule has 4 rings (SSSR count). The van der Waals surface area contributed by atoms with E-state index in [1.807, 2.05) is 0 Å². The summed E-state index contributed by atoms with van der Waals surface area (Å²) >= 11 is 0. The summed E-state index contributed by atoms with van der Waals surface area (Å²) in [5.74, 6) is 0. The Bertz CT molecular complexity index is 1320. The van der Waals surface area contributed by atoms with Crippen molar-refractivity contribution in [2.75, 3.05) is 0 Å². The van der Waals surface area contributed by atoms with Crippen LogP contribution in [0.3, 0.4) is 0 Å². The second-order valence-electron chi connectivity index (χ2n) is 6.32. The Balaban J connectivity index is 2.13. The molecule has 0 amide bonds. The van der Waals surface area contributed by atoms with Gasteiger partial charge in [-0.15, -0.1) is 0 Å². The third-order valence-corrected chi connectivity index (χ3v) is 4.58. The smallest absolute Gasteiger partial charge is 0.244 e. The number of hydrogen-bond donors (Lipinski definition) is 0. The molecule has 10 heteroatoms. The molecule has 0 unspecified atom stereocenters. The van der Waals surface area contributed by atoms with Gasteiger partial charge in [-0.2, -0.15) is 36.9 Å². The fourth-order valence-electron chi connectivity index (χ4n) is 3.36. The van der Waals surface area contributed by atoms with Crippen molar-refractivity contribution in [2.24, 2.45) is 0 Å². The average Bonchev–Trinajstić information content (AvgIpc) is 2.99. The number of aromatic nitrogens is 2. The summed E-state index contributed by atoms with van der Waals surface area (Å²) in [6.07, 6.45) is -10.5. The SMILES string of the molecule is N#CC(C#N)=C1c2ccccc2-c2nc3cc(C(F)(F)F)c(C(F)(F)F)cc3nc21. The molecule has 0 radical (unpaired) electrons. The summed E-state index contributed by atoms with van der Waals surface area (Å²) in [6.45, 7) is 0. The molecule has 30 heavy (non-hydrogen) atoms. The van der Waals surface area contributed by atoms with E-state index in [0.717, 1.165) is 0 Å². The molecule has 0 aliphatic heterocycles. The number of nitriles is 2. The minimum absolute atomic E-state index is 0.0327. The van der Waals surface area contributed by atoms with Crippen molar-refractivity contribution in [2.45, 2.75) is 12.4 Å². The maximum atomic E-state index is 13.3. The van der Waals surface area contributed by atoms with Gasteiger partial charge in [-0.05, 0) is 17.7 Å². The van der Waals surface area contributed by atoms with Gasteiger partial charge in [0.1, 0.15) is 17.7 Å². The minimum atomic E-state index is -5.27. The fraction of sp³-hybridized carbons (Fsp3) is 0.100. The number of rotatable bonds is 0. The predicted octanol–water partition coefficient (Wildman–Crippen LogP) is 5.50. The number of fused-ring (bicyclic) bond motifs is 4. The molecule has 2 aromatic carbocycles. The molecule has 1 aromatic heterocycles. The Hall–Kier alpha value is -3.92. The number of hydrogen-bond acceptors (Lipinski definition) is 4. The molecular weight excluding hydrogens is 410 g/mol. The molecule has 0 atom stereocenters. The van der Waals surface area contributed by atoms with Crippen molar-refractivity contribution in [3.05, 3.63) is 64.4 Å². The number of nitrogens with zero attached hydrogens (tertiary/aromatic N) is 4. The van der Waals surface area contributed by atoms with Gasteiger partial charge in [-0.25, -0.2) is 9.97 Å². The quantitative estimate of drug-likeness (QED) is 0.280. The van der Waals surface area contributed by atoms with E-state index in [9.17, 15) is 36.9 Å². The molecule has 3 aromatic rings. The molecule has 1 aliphatic rings. The summed E-state index contributed by atoms with van der Waals surface area (Å²) in [6, 6.07) is 10.4. The van der Waals surface area contributed by atoms with Gasteiger partial charge in [0, 0.05) is 11.1 Å². The fourth-order valence-corrected chi connectivity index (χ4v) is 3.36. The Morgan fingerprint density at radius 2 is 1.20 bits per heavy atom. The monoisotopic (exact) mass is 416 g/mol. The number of alkyl halides is 6. The molecule has 0 saturated heterocycles. The second-order valence-corrected chi connectivity index (χ2v) is 6.32. The van der Waals surface area contributed by atoms with Gasteiger partial charge in [-0.3, -0.25) is 0 Å². The first-order valence-corrected chi connectivity index (χ1v) is 8.21. The van der Waals surface area contributed by atoms with Crippen molar-refractivity contribution < 1.29 is 26.3 Å². The molecule has 1 heterocycles. The summed E-state index contributed by atoms with van der Waals surface area (Å²) in [5, 5.41) is 18.6. The van der Waals surface area contributed by atoms with Gasteiger partial charge in [0.25, 0.3) is 0 Å². The Morgan fingerprint density at radius 3 is 1.67 bits per heavy atom. The molecule has 148 valence electrons. The highest BCUT2D eigenvalue weighted by atomic mass is 19.4. The molecular formula is C20H6F6N4. The zero-order valence-corrected chi connectivity index (χ0v) is 14.5. The van der Waals surface area contributed by atoms with Crippen LogP contribution in [0.2, 0.25) is 0 Å². The van der Waals surface area contributed by atoms with E-state index in [1.54, 1.807) is 36.4 Å². The van der Waals surface area contributed by atoms with Gasteiger partial charge in [-0.1, -0.05) is 24.3 Å². The Morgan fingerprint density at radius 1 is 0.733 bits per heavy atom. The third kappa shape index (κ3) is 2.85. The van der Waals surface area contributed by atoms with Crippen LogP contribution in [-0.2, 0) is 12.4 Å². The molecule has 0 spiro atoms. The Kier molecular flexibility index (Phi) is 4.07. The van der Waals surface area contributed by atoms with Crippen molar-refractivity contribution in [1.29, 1.82) is 10.5 Å². The van der Waals surface area contributed by atoms with Crippen LogP contribution in [0.4, 0.5) is 26.3 Å². The molecule has 4 nitrogen and oxygen atoms in total. The van der Waals surface area contributed by atoms with Crippen molar-refractivity contribution in [3.63, 3.8) is 0 Å². The summed E-state index contributed by atoms with van der Waals surface area (Å²) < 4.78 is 79.6. The van der Waals surface area contributed by atoms with Gasteiger partial charge in [0.2, 0.25) is 0 Å². The van der Waals surface area contributed by atoms with Crippen LogP contribution in [0.5, 0.6) is 0 Å². The largest absolute Gasteiger partial charge is 0.417 e. The van der Waals surface area contributed by atoms with Crippen LogP contribution in [-0.4, -0.2) is 9.97 Å². The van der Waals surface area contributed by atoms with Crippen LogP contribution in [0, 0.1) is 22.7 Å². The highest BCUT2D eigenvalue weighted by molar-refractivity contribution is 6.03. The number of benzene rings is 2. The number of allylic oxidation sites excluding steroid dienone is 1. The minimum Gasteiger partial charge on any atom is -0.244 e. The van der Waals surface area contributed by atoms with Gasteiger partial charge in [0.15, 0.2) is 0 Å². The van der Waals surface area contributed by atoms with E-state index in [1.165, 1.54) is 0 Å². The van der Waals surface area contributed by atoms with E-state index in [-0.39, 0.29) is 34.1 Å². The number of halogens is 6. The lowest BCUT2D eigenvalue weighted by atomic mass is 10.0. The zero-order valence-electron chi connectivity index (χ0n) is 14.5. The second kappa shape index (κ2) is 6.29. The topological polar surface area (TPSA) is 73.4 Å². The highest BCUT2D eigenvalue weighted by Crippen LogP contribution is 2.46. The van der Waals surface area contributed by atoms with Crippen LogP contribution in [0.1, 0.15) is 22.4 Å². The highest BCUT2D eigenvalue weighted by Gasteiger charge is 2.44. The predicted molar refractivity (Wildman–Crippen MR) is 92.2 cm³/mol. The van der Waals surface area contributed by atoms with E-state index in [0.29, 0.717) is 17.2 Å². The molecule has 0 fully saturated rings. The lowest BCUT2D eigenvalue weighted by Gasteiger charge is -2.16. The van der Waals surface area contributed by atoms with E-state index in [2.05, 4.69) is 9.97 Å². The first-order valence-electron chi connectivity index (χ1n) is 8.21. The average molecular weight is 416 g/mol. The van der Waals surface area contributed by atoms with Gasteiger partial charge < -0.3 is 0 Å². The molecule has 1 aliphatic carbocycles. The summed E-state index contributed by atoms with van der Waals surface area (Å²) in [7, 11) is 0. The summed E-state index contributed by atoms with van der Waals surface area (Å²) in [5.41, 5.74) is -3.98. The van der Waals surface area contributed by atoms with Crippen LogP contribution >= 0.6 is 0 Å². The zero-order chi connectivity index (χ0) is 21.8. The van der Waals surface area contributed by atoms with Crippen molar-refractivity contribution >= 4 is 16.6 Å². The third-order valence-electron chi connectivity index (χ3n) is 4.58. The van der Waals surface area contributed by atoms with Crippen molar-refractivity contribution in [3.8, 4) is 23.4 Å². The normalized spacial score (nSPS) is 12.9. The summed E-state index contributed by atoms with van der Waals surface area (Å²) in [4.78, 5) is 8.19. The standard InChI is InChI=1S/C20H6F6N4/c21-19(22,23)12-5-14-15(6-13(12)20(24,25)26)30-18-16(9(7-27)8-28)10-3-1-2-4-11(10)17(18)29-14/h1-6H. The van der Waals surface area contributed by atoms with Crippen LogP contribution < -0.4 is 0 Å². The van der Waals surface area contributed by atoms with E-state index < -0.39 is 29.0 Å². The maximum absolute atomic E-state index is 13.3. The van der Waals surface area contributed by atoms with Crippen LogP contribution in [0.25, 0.3) is 27.9 Å². The van der Waals surface area contributed by atoms with Gasteiger partial charge in [0.05, 0.1) is 33.5 Å². The first-order chi connectivity index (χ1) is 14.1. The first kappa shape index (κ1) is 19.4. The lowest BCUT2D eigenvalue weighted by molar-refractivity contribution is -0.161. The molecule has 0 N–H and O–H groups in total. The van der Waals surface area contributed by atoms with Gasteiger partial charge >= 0.3 is 12.4 Å². The van der Waals surface area contributed by atoms with Crippen LogP contribution in [0.15, 0.2) is 42.0 Å². The lowest BCUT2D eigenvalue weighted by Crippen LogP contribution is -2.17. The maximum Gasteiger partial charge on any atom is 0.417 e. The van der Waals surface area contributed by atoms with E-state index >= 15 is 0 Å². The van der Waals surface area contributed by atoms with Crippen molar-refractivity contribution in [1.82, 2.24) is 9.97 Å².